The molecule has 6 unspecified atom stereocenters. The molecule has 40 heavy (non-hydrogen) atoms. The average molecular weight is 566 g/mol. The van der Waals surface area contributed by atoms with Crippen LogP contribution in [0, 0.1) is 39.8 Å². The van der Waals surface area contributed by atoms with Crippen LogP contribution in [0.15, 0.2) is 18.2 Å². The molecular weight excluding hydrogens is 534 g/mol. The number of rotatable bonds is 6. The number of hydrogen-bond acceptors (Lipinski definition) is 5. The molecular formula is C27H31F4N5O4. The minimum atomic E-state index is -5.20. The van der Waals surface area contributed by atoms with Gasteiger partial charge in [-0.1, -0.05) is 46.8 Å². The van der Waals surface area contributed by atoms with Gasteiger partial charge in [0.2, 0.25) is 17.7 Å². The minimum Gasteiger partial charge on any atom is -0.339 e. The highest BCUT2D eigenvalue weighted by molar-refractivity contribution is 6.03. The average Bonchev–Trinajstić information content (AvgIpc) is 3.16. The van der Waals surface area contributed by atoms with Crippen molar-refractivity contribution in [1.82, 2.24) is 15.5 Å². The summed E-state index contributed by atoms with van der Waals surface area (Å²) in [5.41, 5.74) is -1.08. The van der Waals surface area contributed by atoms with Crippen LogP contribution in [0.2, 0.25) is 0 Å². The number of amides is 4. The van der Waals surface area contributed by atoms with Crippen molar-refractivity contribution in [2.45, 2.75) is 71.3 Å². The molecule has 1 saturated carbocycles. The van der Waals surface area contributed by atoms with Crippen molar-refractivity contribution in [2.75, 3.05) is 11.9 Å². The van der Waals surface area contributed by atoms with E-state index in [0.717, 1.165) is 0 Å². The van der Waals surface area contributed by atoms with E-state index in [1.165, 1.54) is 37.8 Å². The highest BCUT2D eigenvalue weighted by Crippen LogP contribution is 2.65. The van der Waals surface area contributed by atoms with Gasteiger partial charge < -0.3 is 20.9 Å². The van der Waals surface area contributed by atoms with E-state index < -0.39 is 65.1 Å². The van der Waals surface area contributed by atoms with E-state index in [1.807, 2.05) is 19.9 Å². The second kappa shape index (κ2) is 9.74. The Morgan fingerprint density at radius 2 is 1.85 bits per heavy atom. The maximum atomic E-state index is 14.1. The third kappa shape index (κ3) is 5.11. The topological polar surface area (TPSA) is 131 Å². The molecule has 1 saturated heterocycles. The van der Waals surface area contributed by atoms with Crippen LogP contribution in [-0.4, -0.2) is 59.4 Å². The van der Waals surface area contributed by atoms with E-state index in [9.17, 15) is 42.0 Å². The van der Waals surface area contributed by atoms with Gasteiger partial charge in [0.1, 0.15) is 23.9 Å². The number of halogens is 4. The summed E-state index contributed by atoms with van der Waals surface area (Å²) in [4.78, 5) is 52.6. The molecule has 216 valence electrons. The van der Waals surface area contributed by atoms with Gasteiger partial charge in [-0.05, 0) is 40.7 Å². The number of carbonyl (C=O) groups is 4. The van der Waals surface area contributed by atoms with E-state index in [4.69, 9.17) is 0 Å². The van der Waals surface area contributed by atoms with Crippen LogP contribution in [0.4, 0.5) is 23.2 Å². The van der Waals surface area contributed by atoms with Crippen molar-refractivity contribution in [1.29, 1.82) is 5.26 Å². The summed E-state index contributed by atoms with van der Waals surface area (Å²) in [6.07, 6.45) is -5.36. The van der Waals surface area contributed by atoms with Gasteiger partial charge in [-0.15, -0.1) is 0 Å². The number of benzene rings is 1. The summed E-state index contributed by atoms with van der Waals surface area (Å²) in [6.45, 7) is 8.42. The third-order valence-corrected chi connectivity index (χ3v) is 8.34. The summed E-state index contributed by atoms with van der Waals surface area (Å²) in [5, 5.41) is 16.6. The molecule has 2 heterocycles. The highest BCUT2D eigenvalue weighted by Gasteiger charge is 2.70. The van der Waals surface area contributed by atoms with Gasteiger partial charge >= 0.3 is 12.1 Å². The second-order valence-electron chi connectivity index (χ2n) is 12.3. The summed E-state index contributed by atoms with van der Waals surface area (Å²) in [5.74, 6) is -6.26. The number of hydrogen-bond donors (Lipinski definition) is 3. The van der Waals surface area contributed by atoms with Gasteiger partial charge in [0.15, 0.2) is 0 Å². The molecule has 0 bridgehead atoms. The van der Waals surface area contributed by atoms with E-state index in [1.54, 1.807) is 11.4 Å². The van der Waals surface area contributed by atoms with E-state index in [-0.39, 0.29) is 35.9 Å². The first-order valence-electron chi connectivity index (χ1n) is 12.9. The molecule has 13 heteroatoms. The number of fused-ring (bicyclic) bond motifs is 2. The molecule has 1 aromatic rings. The number of nitriles is 1. The van der Waals surface area contributed by atoms with E-state index >= 15 is 0 Å². The number of nitrogens with zero attached hydrogens (tertiary/aromatic N) is 2. The van der Waals surface area contributed by atoms with Crippen molar-refractivity contribution in [3.05, 3.63) is 29.6 Å². The molecule has 4 rings (SSSR count). The van der Waals surface area contributed by atoms with Crippen molar-refractivity contribution in [3.8, 4) is 6.07 Å². The Morgan fingerprint density at radius 1 is 1.20 bits per heavy atom. The van der Waals surface area contributed by atoms with Gasteiger partial charge in [-0.3, -0.25) is 19.2 Å². The van der Waals surface area contributed by atoms with Gasteiger partial charge in [0.25, 0.3) is 0 Å². The smallest absolute Gasteiger partial charge is 0.339 e. The Hall–Kier alpha value is -3.69. The summed E-state index contributed by atoms with van der Waals surface area (Å²) in [7, 11) is 0. The Bertz CT molecular complexity index is 1300. The fraction of sp³-hybridized carbons (Fsp3) is 0.593. The quantitative estimate of drug-likeness (QED) is 0.457. The van der Waals surface area contributed by atoms with Crippen LogP contribution >= 0.6 is 0 Å². The van der Waals surface area contributed by atoms with Crippen LogP contribution in [0.1, 0.15) is 52.5 Å². The first-order chi connectivity index (χ1) is 18.4. The van der Waals surface area contributed by atoms with Crippen LogP contribution in [-0.2, 0) is 19.2 Å². The Labute approximate surface area is 228 Å². The molecule has 0 aromatic heterocycles. The maximum absolute atomic E-state index is 14.1. The van der Waals surface area contributed by atoms with Crippen molar-refractivity contribution in [3.63, 3.8) is 0 Å². The number of nitrogens with one attached hydrogen (secondary N) is 3. The van der Waals surface area contributed by atoms with Gasteiger partial charge in [0, 0.05) is 6.54 Å². The largest absolute Gasteiger partial charge is 0.471 e. The predicted octanol–water partition coefficient (Wildman–Crippen LogP) is 2.84. The molecule has 0 radical (unpaired) electrons. The molecule has 0 spiro atoms. The second-order valence-corrected chi connectivity index (χ2v) is 12.3. The van der Waals surface area contributed by atoms with Gasteiger partial charge in [-0.2, -0.15) is 18.4 Å². The monoisotopic (exact) mass is 565 g/mol. The number of para-hydroxylation sites is 1. The minimum absolute atomic E-state index is 0.0183. The highest BCUT2D eigenvalue weighted by atomic mass is 19.4. The lowest BCUT2D eigenvalue weighted by atomic mass is 9.85. The number of carbonyl (C=O) groups excluding carboxylic acids is 4. The normalized spacial score (nSPS) is 26.1. The third-order valence-electron chi connectivity index (χ3n) is 8.34. The van der Waals surface area contributed by atoms with Crippen LogP contribution in [0.3, 0.4) is 0 Å². The fourth-order valence-corrected chi connectivity index (χ4v) is 6.03. The number of alkyl halides is 3. The Balaban J connectivity index is 1.55. The van der Waals surface area contributed by atoms with Crippen molar-refractivity contribution in [2.24, 2.45) is 22.7 Å². The zero-order chi connectivity index (χ0) is 29.9. The molecule has 2 fully saturated rings. The maximum Gasteiger partial charge on any atom is 0.471 e. The Morgan fingerprint density at radius 3 is 2.42 bits per heavy atom. The number of anilines is 1. The summed E-state index contributed by atoms with van der Waals surface area (Å²) in [6, 6.07) is 2.26. The lowest BCUT2D eigenvalue weighted by Gasteiger charge is -2.37. The molecule has 3 aliphatic rings. The van der Waals surface area contributed by atoms with Crippen molar-refractivity contribution < 1.29 is 36.7 Å². The molecule has 2 aliphatic heterocycles. The molecule has 6 atom stereocenters. The van der Waals surface area contributed by atoms with Crippen LogP contribution in [0.5, 0.6) is 0 Å². The fourth-order valence-electron chi connectivity index (χ4n) is 6.03. The van der Waals surface area contributed by atoms with Gasteiger partial charge in [0.05, 0.1) is 17.7 Å². The number of piperidine rings is 1. The molecule has 4 amide bonds. The lowest BCUT2D eigenvalue weighted by Crippen LogP contribution is -2.61. The predicted molar refractivity (Wildman–Crippen MR) is 134 cm³/mol. The zero-order valence-corrected chi connectivity index (χ0v) is 22.6. The first-order valence-corrected chi connectivity index (χ1v) is 12.9. The zero-order valence-electron chi connectivity index (χ0n) is 22.6. The van der Waals surface area contributed by atoms with E-state index in [0.29, 0.717) is 5.56 Å². The standard InChI is InChI=1S/C27H31F4N5O4/c1-25(2,3)20(35-24(40)27(29,30)31)23(39)36-11-15-17(26(15,4)5)19(36)22(38)33-12(10-32)9-14-13-7-6-8-16(28)18(13)34-21(14)37/h6-8,12,14-15,17,19-20H,9,11H2,1-5H3,(H,33,38)(H,34,37)(H,35,40). The first kappa shape index (κ1) is 29.3. The van der Waals surface area contributed by atoms with Crippen molar-refractivity contribution >= 4 is 29.3 Å². The van der Waals surface area contributed by atoms with Crippen LogP contribution in [0.25, 0.3) is 0 Å². The SMILES string of the molecule is CC(C)(C)C(NC(=O)C(F)(F)F)C(=O)N1CC2C(C1C(=O)NC(C#N)CC1C(=O)Nc3c(F)cccc31)C2(C)C. The summed E-state index contributed by atoms with van der Waals surface area (Å²) >= 11 is 0. The molecule has 3 N–H and O–H groups in total. The van der Waals surface area contributed by atoms with Gasteiger partial charge in [-0.25, -0.2) is 4.39 Å². The molecule has 1 aliphatic carbocycles. The molecule has 1 aromatic carbocycles. The molecule has 9 nitrogen and oxygen atoms in total. The summed E-state index contributed by atoms with van der Waals surface area (Å²) < 4.78 is 53.2. The van der Waals surface area contributed by atoms with Crippen LogP contribution < -0.4 is 16.0 Å². The van der Waals surface area contributed by atoms with E-state index in [2.05, 4.69) is 10.6 Å². The lowest BCUT2D eigenvalue weighted by molar-refractivity contribution is -0.176. The Kier molecular flexibility index (Phi) is 7.14. The number of likely N-dealkylation sites (tertiary alicyclic amines) is 1.